The molecule has 4 nitrogen and oxygen atoms in total. The standard InChI is InChI=1S/C12H13N3O/c13-12-11(9-3-1-2-6-14-9)10(16-15-12)7-8-4-5-8/h1-3,6,8H,4-5,7H2,(H2,13,15). The lowest BCUT2D eigenvalue weighted by Crippen LogP contribution is -1.93. The Labute approximate surface area is 93.5 Å². The Kier molecular flexibility index (Phi) is 2.13. The van der Waals surface area contributed by atoms with Crippen molar-refractivity contribution in [2.45, 2.75) is 19.3 Å². The normalized spacial score (nSPS) is 15.2. The zero-order valence-electron chi connectivity index (χ0n) is 8.89. The molecule has 1 saturated carbocycles. The van der Waals surface area contributed by atoms with E-state index in [1.807, 2.05) is 18.2 Å². The molecule has 2 heterocycles. The highest BCUT2D eigenvalue weighted by atomic mass is 16.5. The molecule has 0 amide bonds. The molecule has 1 aliphatic rings. The third-order valence-corrected chi connectivity index (χ3v) is 2.88. The van der Waals surface area contributed by atoms with E-state index in [9.17, 15) is 0 Å². The van der Waals surface area contributed by atoms with Crippen molar-refractivity contribution < 1.29 is 4.52 Å². The Hall–Kier alpha value is -1.84. The maximum atomic E-state index is 5.82. The predicted octanol–water partition coefficient (Wildman–Crippen LogP) is 2.27. The van der Waals surface area contributed by atoms with Gasteiger partial charge in [-0.1, -0.05) is 11.2 Å². The van der Waals surface area contributed by atoms with Crippen LogP contribution in [-0.4, -0.2) is 10.1 Å². The fourth-order valence-corrected chi connectivity index (χ4v) is 1.85. The largest absolute Gasteiger partial charge is 0.380 e. The van der Waals surface area contributed by atoms with Gasteiger partial charge in [-0.25, -0.2) is 0 Å². The lowest BCUT2D eigenvalue weighted by molar-refractivity contribution is 0.381. The number of hydrogen-bond acceptors (Lipinski definition) is 4. The SMILES string of the molecule is Nc1noc(CC2CC2)c1-c1ccccn1. The minimum Gasteiger partial charge on any atom is -0.380 e. The van der Waals surface area contributed by atoms with Gasteiger partial charge in [0, 0.05) is 12.6 Å². The molecule has 16 heavy (non-hydrogen) atoms. The first-order valence-corrected chi connectivity index (χ1v) is 5.50. The summed E-state index contributed by atoms with van der Waals surface area (Å²) in [5.74, 6) is 2.06. The molecule has 4 heteroatoms. The molecular formula is C12H13N3O. The van der Waals surface area contributed by atoms with Gasteiger partial charge in [0.15, 0.2) is 5.82 Å². The van der Waals surface area contributed by atoms with E-state index in [2.05, 4.69) is 10.1 Å². The van der Waals surface area contributed by atoms with Crippen molar-refractivity contribution in [2.24, 2.45) is 5.92 Å². The molecule has 3 rings (SSSR count). The fourth-order valence-electron chi connectivity index (χ4n) is 1.85. The maximum absolute atomic E-state index is 5.82. The van der Waals surface area contributed by atoms with Gasteiger partial charge in [0.1, 0.15) is 5.76 Å². The summed E-state index contributed by atoms with van der Waals surface area (Å²) in [7, 11) is 0. The van der Waals surface area contributed by atoms with E-state index in [0.29, 0.717) is 5.82 Å². The molecule has 2 aromatic heterocycles. The number of aromatic nitrogens is 2. The van der Waals surface area contributed by atoms with Crippen molar-refractivity contribution >= 4 is 5.82 Å². The Morgan fingerprint density at radius 1 is 1.38 bits per heavy atom. The number of rotatable bonds is 3. The summed E-state index contributed by atoms with van der Waals surface area (Å²) in [6.07, 6.45) is 5.24. The van der Waals surface area contributed by atoms with Crippen LogP contribution in [-0.2, 0) is 6.42 Å². The second-order valence-electron chi connectivity index (χ2n) is 4.23. The van der Waals surface area contributed by atoms with Gasteiger partial charge in [-0.3, -0.25) is 4.98 Å². The van der Waals surface area contributed by atoms with Crippen molar-refractivity contribution in [3.05, 3.63) is 30.2 Å². The van der Waals surface area contributed by atoms with Crippen molar-refractivity contribution in [3.8, 4) is 11.3 Å². The number of pyridine rings is 1. The van der Waals surface area contributed by atoms with Gasteiger partial charge in [0.05, 0.1) is 11.3 Å². The molecule has 1 aliphatic carbocycles. The summed E-state index contributed by atoms with van der Waals surface area (Å²) in [4.78, 5) is 4.29. The Balaban J connectivity index is 2.01. The Morgan fingerprint density at radius 2 is 2.25 bits per heavy atom. The van der Waals surface area contributed by atoms with Crippen LogP contribution in [0.1, 0.15) is 18.6 Å². The maximum Gasteiger partial charge on any atom is 0.176 e. The second kappa shape index (κ2) is 3.63. The third kappa shape index (κ3) is 1.66. The summed E-state index contributed by atoms with van der Waals surface area (Å²) in [5.41, 5.74) is 7.54. The van der Waals surface area contributed by atoms with Crippen LogP contribution in [0.3, 0.4) is 0 Å². The van der Waals surface area contributed by atoms with Gasteiger partial charge in [-0.15, -0.1) is 0 Å². The number of nitrogens with zero attached hydrogens (tertiary/aromatic N) is 2. The van der Waals surface area contributed by atoms with E-state index in [1.165, 1.54) is 12.8 Å². The molecule has 0 atom stereocenters. The minimum absolute atomic E-state index is 0.439. The van der Waals surface area contributed by atoms with Crippen molar-refractivity contribution in [3.63, 3.8) is 0 Å². The van der Waals surface area contributed by atoms with Crippen molar-refractivity contribution in [2.75, 3.05) is 5.73 Å². The summed E-state index contributed by atoms with van der Waals surface area (Å²) < 4.78 is 5.29. The molecule has 0 aliphatic heterocycles. The molecule has 2 aromatic rings. The number of hydrogen-bond donors (Lipinski definition) is 1. The molecule has 2 N–H and O–H groups in total. The predicted molar refractivity (Wildman–Crippen MR) is 60.6 cm³/mol. The highest BCUT2D eigenvalue weighted by Crippen LogP contribution is 2.37. The van der Waals surface area contributed by atoms with Crippen LogP contribution in [0.25, 0.3) is 11.3 Å². The van der Waals surface area contributed by atoms with Crippen molar-refractivity contribution in [1.29, 1.82) is 0 Å². The van der Waals surface area contributed by atoms with Crippen molar-refractivity contribution in [1.82, 2.24) is 10.1 Å². The van der Waals surface area contributed by atoms with Crippen LogP contribution < -0.4 is 5.73 Å². The minimum atomic E-state index is 0.439. The van der Waals surface area contributed by atoms with E-state index in [0.717, 1.165) is 29.4 Å². The molecule has 0 unspecified atom stereocenters. The Bertz CT molecular complexity index is 488. The lowest BCUT2D eigenvalue weighted by atomic mass is 10.1. The first-order chi connectivity index (χ1) is 7.84. The van der Waals surface area contributed by atoms with Gasteiger partial charge in [0.2, 0.25) is 0 Å². The van der Waals surface area contributed by atoms with Crippen LogP contribution in [0.15, 0.2) is 28.9 Å². The highest BCUT2D eigenvalue weighted by Gasteiger charge is 2.27. The van der Waals surface area contributed by atoms with Gasteiger partial charge in [0.25, 0.3) is 0 Å². The first-order valence-electron chi connectivity index (χ1n) is 5.50. The summed E-state index contributed by atoms with van der Waals surface area (Å²) >= 11 is 0. The zero-order valence-corrected chi connectivity index (χ0v) is 8.89. The van der Waals surface area contributed by atoms with E-state index < -0.39 is 0 Å². The first kappa shape index (κ1) is 9.39. The quantitative estimate of drug-likeness (QED) is 0.853. The smallest absolute Gasteiger partial charge is 0.176 e. The van der Waals surface area contributed by atoms with Crippen LogP contribution in [0, 0.1) is 5.92 Å². The van der Waals surface area contributed by atoms with Gasteiger partial charge in [-0.2, -0.15) is 0 Å². The van der Waals surface area contributed by atoms with Crippen LogP contribution >= 0.6 is 0 Å². The highest BCUT2D eigenvalue weighted by molar-refractivity contribution is 5.72. The molecule has 82 valence electrons. The average Bonchev–Trinajstić information content (AvgIpc) is 3.04. The van der Waals surface area contributed by atoms with E-state index in [1.54, 1.807) is 6.20 Å². The molecule has 0 bridgehead atoms. The fraction of sp³-hybridized carbons (Fsp3) is 0.333. The number of nitrogens with two attached hydrogens (primary N) is 1. The zero-order chi connectivity index (χ0) is 11.0. The molecule has 0 aromatic carbocycles. The summed E-state index contributed by atoms with van der Waals surface area (Å²) in [6.45, 7) is 0. The molecule has 0 saturated heterocycles. The van der Waals surface area contributed by atoms with Crippen LogP contribution in [0.2, 0.25) is 0 Å². The van der Waals surface area contributed by atoms with Crippen LogP contribution in [0.4, 0.5) is 5.82 Å². The number of anilines is 1. The topological polar surface area (TPSA) is 64.9 Å². The van der Waals surface area contributed by atoms with E-state index in [-0.39, 0.29) is 0 Å². The van der Waals surface area contributed by atoms with Gasteiger partial charge in [-0.05, 0) is 30.9 Å². The van der Waals surface area contributed by atoms with Gasteiger partial charge >= 0.3 is 0 Å². The van der Waals surface area contributed by atoms with E-state index >= 15 is 0 Å². The van der Waals surface area contributed by atoms with E-state index in [4.69, 9.17) is 10.3 Å². The molecule has 0 radical (unpaired) electrons. The summed E-state index contributed by atoms with van der Waals surface area (Å²) in [5, 5.41) is 3.84. The molecule has 0 spiro atoms. The third-order valence-electron chi connectivity index (χ3n) is 2.88. The molecular weight excluding hydrogens is 202 g/mol. The number of nitrogen functional groups attached to an aromatic ring is 1. The summed E-state index contributed by atoms with van der Waals surface area (Å²) in [6, 6.07) is 5.75. The lowest BCUT2D eigenvalue weighted by Gasteiger charge is -2.00. The second-order valence-corrected chi connectivity index (χ2v) is 4.23. The van der Waals surface area contributed by atoms with Crippen LogP contribution in [0.5, 0.6) is 0 Å². The molecule has 1 fully saturated rings. The monoisotopic (exact) mass is 215 g/mol. The Morgan fingerprint density at radius 3 is 2.94 bits per heavy atom. The average molecular weight is 215 g/mol. The van der Waals surface area contributed by atoms with Gasteiger partial charge < -0.3 is 10.3 Å².